The van der Waals surface area contributed by atoms with Gasteiger partial charge in [-0.1, -0.05) is 158 Å². The third kappa shape index (κ3) is 4.44. The van der Waals surface area contributed by atoms with Gasteiger partial charge in [-0.2, -0.15) is 0 Å². The van der Waals surface area contributed by atoms with E-state index in [1.807, 2.05) is 18.2 Å². The van der Waals surface area contributed by atoms with Crippen molar-refractivity contribution in [3.05, 3.63) is 188 Å². The Hall–Kier alpha value is -7.10. The van der Waals surface area contributed by atoms with Crippen LogP contribution in [-0.2, 0) is 0 Å². The molecular weight excluding hydrogens is 667 g/mol. The topological polar surface area (TPSA) is 18.5 Å². The van der Waals surface area contributed by atoms with Gasteiger partial charge in [0.15, 0.2) is 0 Å². The van der Waals surface area contributed by atoms with Crippen LogP contribution >= 0.6 is 0 Å². The summed E-state index contributed by atoms with van der Waals surface area (Å²) in [7, 11) is 0. The first kappa shape index (κ1) is 30.4. The van der Waals surface area contributed by atoms with Crippen molar-refractivity contribution in [1.29, 1.82) is 0 Å². The first-order chi connectivity index (χ1) is 27.3. The lowest BCUT2D eigenvalue weighted by Gasteiger charge is -2.33. The molecule has 254 valence electrons. The van der Waals surface area contributed by atoms with Crippen LogP contribution in [0.2, 0.25) is 0 Å². The summed E-state index contributed by atoms with van der Waals surface area (Å²) in [6.07, 6.45) is 0. The van der Waals surface area contributed by atoms with Gasteiger partial charge >= 0.3 is 0 Å². The van der Waals surface area contributed by atoms with Gasteiger partial charge in [-0.05, 0) is 118 Å². The van der Waals surface area contributed by atoms with Gasteiger partial charge in [0.2, 0.25) is 0 Å². The van der Waals surface area contributed by atoms with Crippen molar-refractivity contribution in [3.63, 3.8) is 0 Å². The maximum absolute atomic E-state index is 6.74. The molecule has 12 rings (SSSR count). The summed E-state index contributed by atoms with van der Waals surface area (Å²) < 4.78 is 13.1. The van der Waals surface area contributed by atoms with Crippen molar-refractivity contribution < 1.29 is 9.47 Å². The van der Waals surface area contributed by atoms with Crippen molar-refractivity contribution in [1.82, 2.24) is 0 Å². The van der Waals surface area contributed by atoms with Crippen molar-refractivity contribution in [2.45, 2.75) is 0 Å². The lowest BCUT2D eigenvalue weighted by atomic mass is 9.35. The number of benzene rings is 10. The predicted molar refractivity (Wildman–Crippen MR) is 230 cm³/mol. The highest BCUT2D eigenvalue weighted by Gasteiger charge is 2.39. The molecule has 0 radical (unpaired) electrons. The molecule has 0 amide bonds. The van der Waals surface area contributed by atoms with Crippen LogP contribution in [0.15, 0.2) is 188 Å². The van der Waals surface area contributed by atoms with E-state index in [1.54, 1.807) is 0 Å². The molecule has 2 aliphatic heterocycles. The maximum atomic E-state index is 6.74. The van der Waals surface area contributed by atoms with Gasteiger partial charge in [0.25, 0.3) is 6.71 Å². The second kappa shape index (κ2) is 11.7. The number of hydrogen-bond donors (Lipinski definition) is 0. The molecule has 0 atom stereocenters. The Bertz CT molecular complexity index is 3180. The highest BCUT2D eigenvalue weighted by atomic mass is 16.5. The van der Waals surface area contributed by atoms with Crippen molar-refractivity contribution >= 4 is 66.2 Å². The Balaban J connectivity index is 1.09. The summed E-state index contributed by atoms with van der Waals surface area (Å²) in [5.41, 5.74) is 10.7. The lowest BCUT2D eigenvalue weighted by molar-refractivity contribution is 0.464. The second-order valence-electron chi connectivity index (χ2n) is 14.7. The standard InChI is InChI=1S/C52H31BO2/c1-2-15-34-32(14-1)30-43(37-18-5-4-17-36(34)37)51-41-22-9-7-20-39(41)50(40-21-8-10-23-42(40)51)38-19-6-3-16-35(38)33-28-29-45-49(31-33)55-48-27-13-26-47-52(48)53(45)44-24-11-12-25-46(44)54-47/h1-31H. The molecule has 0 fully saturated rings. The number of ether oxygens (including phenoxy) is 2. The van der Waals surface area contributed by atoms with Crippen LogP contribution in [0, 0.1) is 0 Å². The Morgan fingerprint density at radius 2 is 0.818 bits per heavy atom. The molecule has 10 aromatic rings. The molecule has 55 heavy (non-hydrogen) atoms. The van der Waals surface area contributed by atoms with E-state index in [2.05, 4.69) is 170 Å². The van der Waals surface area contributed by atoms with Crippen LogP contribution < -0.4 is 25.9 Å². The zero-order chi connectivity index (χ0) is 36.0. The summed E-state index contributed by atoms with van der Waals surface area (Å²) in [5, 5.41) is 10.0. The summed E-state index contributed by atoms with van der Waals surface area (Å²) in [6.45, 7) is 0.0378. The SMILES string of the molecule is c1ccc2c(c1)Oc1cccc3c1B2c1ccc(-c2ccccc2-c2c4ccccc4c(-c4cc5ccccc5c5ccccc45)c4ccccc24)cc1O3. The number of hydrogen-bond acceptors (Lipinski definition) is 2. The fourth-order valence-corrected chi connectivity index (χ4v) is 9.47. The average Bonchev–Trinajstić information content (AvgIpc) is 3.25. The summed E-state index contributed by atoms with van der Waals surface area (Å²) in [6, 6.07) is 68.0. The molecule has 0 aromatic heterocycles. The van der Waals surface area contributed by atoms with E-state index in [4.69, 9.17) is 9.47 Å². The van der Waals surface area contributed by atoms with Crippen LogP contribution in [0.25, 0.3) is 76.5 Å². The first-order valence-corrected chi connectivity index (χ1v) is 19.0. The van der Waals surface area contributed by atoms with E-state index < -0.39 is 0 Å². The molecule has 0 aliphatic carbocycles. The third-order valence-corrected chi connectivity index (χ3v) is 11.8. The Morgan fingerprint density at radius 1 is 0.309 bits per heavy atom. The largest absolute Gasteiger partial charge is 0.458 e. The van der Waals surface area contributed by atoms with Gasteiger partial charge < -0.3 is 9.47 Å². The molecule has 3 heteroatoms. The summed E-state index contributed by atoms with van der Waals surface area (Å²) in [4.78, 5) is 0. The van der Waals surface area contributed by atoms with Crippen LogP contribution in [0.5, 0.6) is 23.0 Å². The van der Waals surface area contributed by atoms with Crippen LogP contribution in [0.3, 0.4) is 0 Å². The fraction of sp³-hybridized carbons (Fsp3) is 0. The molecule has 2 aliphatic rings. The van der Waals surface area contributed by atoms with Gasteiger partial charge in [0, 0.05) is 5.46 Å². The van der Waals surface area contributed by atoms with Gasteiger partial charge in [-0.15, -0.1) is 0 Å². The average molecular weight is 699 g/mol. The van der Waals surface area contributed by atoms with Gasteiger partial charge in [-0.25, -0.2) is 0 Å². The minimum Gasteiger partial charge on any atom is -0.458 e. The zero-order valence-corrected chi connectivity index (χ0v) is 29.8. The summed E-state index contributed by atoms with van der Waals surface area (Å²) >= 11 is 0. The molecule has 10 aromatic carbocycles. The van der Waals surface area contributed by atoms with Crippen molar-refractivity contribution in [2.75, 3.05) is 0 Å². The van der Waals surface area contributed by atoms with E-state index in [-0.39, 0.29) is 6.71 Å². The zero-order valence-electron chi connectivity index (χ0n) is 29.8. The highest BCUT2D eigenvalue weighted by molar-refractivity contribution is 6.98. The van der Waals surface area contributed by atoms with Gasteiger partial charge in [0.05, 0.1) is 0 Å². The third-order valence-electron chi connectivity index (χ3n) is 11.8. The minimum atomic E-state index is 0.0378. The Kier molecular flexibility index (Phi) is 6.46. The van der Waals surface area contributed by atoms with Gasteiger partial charge in [0.1, 0.15) is 23.0 Å². The Morgan fingerprint density at radius 3 is 1.55 bits per heavy atom. The maximum Gasteiger partial charge on any atom is 0.260 e. The van der Waals surface area contributed by atoms with Crippen LogP contribution in [0.1, 0.15) is 0 Å². The quantitative estimate of drug-likeness (QED) is 0.104. The van der Waals surface area contributed by atoms with E-state index in [1.165, 1.54) is 70.9 Å². The fourth-order valence-electron chi connectivity index (χ4n) is 9.47. The van der Waals surface area contributed by atoms with E-state index >= 15 is 0 Å². The Labute approximate surface area is 318 Å². The lowest BCUT2D eigenvalue weighted by Crippen LogP contribution is -2.57. The number of rotatable bonds is 3. The minimum absolute atomic E-state index is 0.0378. The molecule has 0 spiro atoms. The van der Waals surface area contributed by atoms with Crippen molar-refractivity contribution in [3.8, 4) is 56.4 Å². The van der Waals surface area contributed by atoms with Gasteiger partial charge in [-0.3, -0.25) is 0 Å². The molecule has 0 N–H and O–H groups in total. The second-order valence-corrected chi connectivity index (χ2v) is 14.7. The summed E-state index contributed by atoms with van der Waals surface area (Å²) in [5.74, 6) is 3.49. The molecule has 0 saturated heterocycles. The first-order valence-electron chi connectivity index (χ1n) is 19.0. The van der Waals surface area contributed by atoms with Crippen molar-refractivity contribution in [2.24, 2.45) is 0 Å². The van der Waals surface area contributed by atoms with Crippen LogP contribution in [-0.4, -0.2) is 6.71 Å². The van der Waals surface area contributed by atoms with E-state index in [0.717, 1.165) is 44.9 Å². The molecule has 0 saturated carbocycles. The molecule has 2 heterocycles. The van der Waals surface area contributed by atoms with Crippen LogP contribution in [0.4, 0.5) is 0 Å². The smallest absolute Gasteiger partial charge is 0.260 e. The number of para-hydroxylation sites is 1. The molecule has 0 unspecified atom stereocenters. The highest BCUT2D eigenvalue weighted by Crippen LogP contribution is 2.48. The molecular formula is C52H31BO2. The monoisotopic (exact) mass is 698 g/mol. The molecule has 0 bridgehead atoms. The molecule has 2 nitrogen and oxygen atoms in total. The predicted octanol–water partition coefficient (Wildman–Crippen LogP) is 12.0. The number of fused-ring (bicyclic) bond motifs is 9. The van der Waals surface area contributed by atoms with E-state index in [0.29, 0.717) is 0 Å². The van der Waals surface area contributed by atoms with E-state index in [9.17, 15) is 0 Å². The normalized spacial score (nSPS) is 12.6.